The summed E-state index contributed by atoms with van der Waals surface area (Å²) in [6.45, 7) is 0.828. The van der Waals surface area contributed by atoms with E-state index in [0.29, 0.717) is 12.8 Å². The van der Waals surface area contributed by atoms with Crippen LogP contribution < -0.4 is 0 Å². The van der Waals surface area contributed by atoms with Gasteiger partial charge in [-0.15, -0.1) is 0 Å². The average molecular weight is 459 g/mol. The first-order valence-corrected chi connectivity index (χ1v) is 12.3. The number of rotatable bonds is 4. The van der Waals surface area contributed by atoms with Crippen LogP contribution in [0.15, 0.2) is 18.2 Å². The van der Waals surface area contributed by atoms with Gasteiger partial charge in [0.25, 0.3) is 0 Å². The molecule has 1 aromatic carbocycles. The predicted molar refractivity (Wildman–Crippen MR) is 109 cm³/mol. The Labute approximate surface area is 181 Å². The minimum absolute atomic E-state index is 0.00364. The van der Waals surface area contributed by atoms with Gasteiger partial charge < -0.3 is 14.4 Å². The van der Waals surface area contributed by atoms with Gasteiger partial charge in [-0.2, -0.15) is 4.31 Å². The molecule has 3 aliphatic rings. The van der Waals surface area contributed by atoms with Gasteiger partial charge in [0, 0.05) is 18.7 Å². The minimum Gasteiger partial charge on any atom is -0.346 e. The maximum Gasteiger partial charge on any atom is 0.227 e. The number of halogens is 2. The lowest BCUT2D eigenvalue weighted by Crippen LogP contribution is -2.64. The van der Waals surface area contributed by atoms with Gasteiger partial charge in [0.15, 0.2) is 5.79 Å². The summed E-state index contributed by atoms with van der Waals surface area (Å²) in [7, 11) is -3.49. The van der Waals surface area contributed by atoms with Gasteiger partial charge in [-0.1, -0.05) is 25.3 Å². The van der Waals surface area contributed by atoms with Crippen LogP contribution in [0.25, 0.3) is 0 Å². The van der Waals surface area contributed by atoms with Gasteiger partial charge in [-0.25, -0.2) is 17.2 Å². The Kier molecular flexibility index (Phi) is 6.62. The second-order valence-corrected chi connectivity index (χ2v) is 10.7. The largest absolute Gasteiger partial charge is 0.346 e. The molecule has 0 bridgehead atoms. The van der Waals surface area contributed by atoms with E-state index in [2.05, 4.69) is 0 Å². The summed E-state index contributed by atoms with van der Waals surface area (Å²) in [6, 6.07) is 3.48. The number of ether oxygens (including phenoxy) is 2. The zero-order valence-electron chi connectivity index (χ0n) is 17.4. The van der Waals surface area contributed by atoms with E-state index in [0.717, 1.165) is 31.4 Å². The molecule has 1 amide bonds. The smallest absolute Gasteiger partial charge is 0.227 e. The molecule has 1 aromatic rings. The fraction of sp³-hybridized carbons (Fsp3) is 0.667. The van der Waals surface area contributed by atoms with Gasteiger partial charge in [-0.3, -0.25) is 4.79 Å². The van der Waals surface area contributed by atoms with Crippen LogP contribution in [0.2, 0.25) is 0 Å². The normalized spacial score (nSPS) is 26.3. The molecule has 1 saturated carbocycles. The first-order valence-electron chi connectivity index (χ1n) is 10.8. The molecular formula is C21H28F2N2O5S. The van der Waals surface area contributed by atoms with Crippen molar-refractivity contribution in [2.24, 2.45) is 0 Å². The second-order valence-electron chi connectivity index (χ2n) is 8.44. The Hall–Kier alpha value is -1.62. The molecule has 0 aromatic heterocycles. The standard InChI is InChI=1S/C21H28F2N2O5S/c22-18-7-4-8-19(23)17(18)13-20(26)24-9-11-29-21(14-24)15-25(10-12-30-21)31(27,28)16-5-2-1-3-6-16/h4,7-8,16H,1-3,5-6,9-15H2. The number of carbonyl (C=O) groups excluding carboxylic acids is 1. The van der Waals surface area contributed by atoms with Crippen LogP contribution in [0.1, 0.15) is 37.7 Å². The minimum atomic E-state index is -3.49. The van der Waals surface area contributed by atoms with E-state index in [9.17, 15) is 22.0 Å². The highest BCUT2D eigenvalue weighted by molar-refractivity contribution is 7.89. The van der Waals surface area contributed by atoms with Crippen LogP contribution >= 0.6 is 0 Å². The Morgan fingerprint density at radius 1 is 1.03 bits per heavy atom. The van der Waals surface area contributed by atoms with Gasteiger partial charge in [-0.05, 0) is 25.0 Å². The molecule has 0 N–H and O–H groups in total. The number of nitrogens with zero attached hydrogens (tertiary/aromatic N) is 2. The second kappa shape index (κ2) is 9.09. The lowest BCUT2D eigenvalue weighted by atomic mass is 10.0. The molecule has 1 spiro atoms. The average Bonchev–Trinajstić information content (AvgIpc) is 2.77. The molecule has 7 nitrogen and oxygen atoms in total. The van der Waals surface area contributed by atoms with E-state index in [1.807, 2.05) is 0 Å². The zero-order chi connectivity index (χ0) is 22.1. The van der Waals surface area contributed by atoms with Crippen LogP contribution in [0.5, 0.6) is 0 Å². The van der Waals surface area contributed by atoms with Crippen molar-refractivity contribution >= 4 is 15.9 Å². The van der Waals surface area contributed by atoms with E-state index in [4.69, 9.17) is 9.47 Å². The van der Waals surface area contributed by atoms with Crippen molar-refractivity contribution in [2.45, 2.75) is 49.6 Å². The molecule has 2 heterocycles. The quantitative estimate of drug-likeness (QED) is 0.691. The van der Waals surface area contributed by atoms with Gasteiger partial charge in [0.2, 0.25) is 15.9 Å². The summed E-state index contributed by atoms with van der Waals surface area (Å²) in [5.74, 6) is -3.26. The number of sulfonamides is 1. The molecule has 0 radical (unpaired) electrons. The fourth-order valence-corrected chi connectivity index (χ4v) is 6.69. The number of hydrogen-bond acceptors (Lipinski definition) is 5. The first-order chi connectivity index (χ1) is 14.8. The van der Waals surface area contributed by atoms with Crippen molar-refractivity contribution in [3.8, 4) is 0 Å². The highest BCUT2D eigenvalue weighted by Crippen LogP contribution is 2.31. The van der Waals surface area contributed by atoms with Crippen molar-refractivity contribution in [3.05, 3.63) is 35.4 Å². The monoisotopic (exact) mass is 458 g/mol. The van der Waals surface area contributed by atoms with E-state index < -0.39 is 39.8 Å². The Bertz CT molecular complexity index is 898. The summed E-state index contributed by atoms with van der Waals surface area (Å²) < 4.78 is 67.3. The third kappa shape index (κ3) is 4.76. The third-order valence-corrected chi connectivity index (χ3v) is 8.70. The molecule has 1 unspecified atom stereocenters. The van der Waals surface area contributed by atoms with Crippen molar-refractivity contribution < 1.29 is 31.5 Å². The molecular weight excluding hydrogens is 430 g/mol. The molecule has 3 fully saturated rings. The van der Waals surface area contributed by atoms with Crippen LogP contribution in [0.3, 0.4) is 0 Å². The predicted octanol–water partition coefficient (Wildman–Crippen LogP) is 2.06. The van der Waals surface area contributed by atoms with E-state index >= 15 is 0 Å². The molecule has 2 aliphatic heterocycles. The molecule has 10 heteroatoms. The van der Waals surface area contributed by atoms with E-state index in [1.54, 1.807) is 0 Å². The SMILES string of the molecule is O=C(Cc1c(F)cccc1F)N1CCOC2(C1)CN(S(=O)(=O)C1CCCCC1)CCO2. The van der Waals surface area contributed by atoms with Crippen LogP contribution in [0.4, 0.5) is 8.78 Å². The summed E-state index contributed by atoms with van der Waals surface area (Å²) in [6.07, 6.45) is 3.77. The number of carbonyl (C=O) groups is 1. The number of morpholine rings is 2. The molecule has 1 atom stereocenters. The zero-order valence-corrected chi connectivity index (χ0v) is 18.2. The first kappa shape index (κ1) is 22.6. The lowest BCUT2D eigenvalue weighted by molar-refractivity contribution is -0.281. The molecule has 4 rings (SSSR count). The van der Waals surface area contributed by atoms with Crippen molar-refractivity contribution in [1.82, 2.24) is 9.21 Å². The topological polar surface area (TPSA) is 76.2 Å². The number of hydrogen-bond donors (Lipinski definition) is 0. The van der Waals surface area contributed by atoms with Gasteiger partial charge in [0.1, 0.15) is 11.6 Å². The summed E-state index contributed by atoms with van der Waals surface area (Å²) >= 11 is 0. The fourth-order valence-electron chi connectivity index (χ4n) is 4.64. The maximum absolute atomic E-state index is 14.0. The van der Waals surface area contributed by atoms with Crippen molar-refractivity contribution in [1.29, 1.82) is 0 Å². The van der Waals surface area contributed by atoms with Crippen LogP contribution in [-0.2, 0) is 30.7 Å². The van der Waals surface area contributed by atoms with E-state index in [1.165, 1.54) is 15.3 Å². The van der Waals surface area contributed by atoms with Gasteiger partial charge in [0.05, 0.1) is 38.0 Å². The molecule has 31 heavy (non-hydrogen) atoms. The maximum atomic E-state index is 14.0. The summed E-state index contributed by atoms with van der Waals surface area (Å²) in [4.78, 5) is 14.2. The number of amides is 1. The molecule has 172 valence electrons. The van der Waals surface area contributed by atoms with E-state index in [-0.39, 0.29) is 50.2 Å². The van der Waals surface area contributed by atoms with Gasteiger partial charge >= 0.3 is 0 Å². The lowest BCUT2D eigenvalue weighted by Gasteiger charge is -2.47. The van der Waals surface area contributed by atoms with Crippen molar-refractivity contribution in [3.63, 3.8) is 0 Å². The third-order valence-electron chi connectivity index (χ3n) is 6.36. The molecule has 2 saturated heterocycles. The summed E-state index contributed by atoms with van der Waals surface area (Å²) in [5, 5.41) is -0.387. The molecule has 1 aliphatic carbocycles. The highest BCUT2D eigenvalue weighted by atomic mass is 32.2. The number of benzene rings is 1. The Morgan fingerprint density at radius 2 is 1.68 bits per heavy atom. The highest BCUT2D eigenvalue weighted by Gasteiger charge is 2.47. The van der Waals surface area contributed by atoms with Crippen LogP contribution in [0, 0.1) is 11.6 Å². The Balaban J connectivity index is 1.46. The van der Waals surface area contributed by atoms with Crippen molar-refractivity contribution in [2.75, 3.05) is 39.4 Å². The summed E-state index contributed by atoms with van der Waals surface area (Å²) in [5.41, 5.74) is -0.279. The Morgan fingerprint density at radius 3 is 2.35 bits per heavy atom. The van der Waals surface area contributed by atoms with Crippen LogP contribution in [-0.4, -0.2) is 74.0 Å².